The third-order valence-corrected chi connectivity index (χ3v) is 2.84. The van der Waals surface area contributed by atoms with Crippen LogP contribution in [0.3, 0.4) is 0 Å². The maximum atomic E-state index is 11.8. The number of amides is 1. The van der Waals surface area contributed by atoms with Gasteiger partial charge in [0.1, 0.15) is 6.54 Å². The fraction of sp³-hybridized carbons (Fsp3) is 0.667. The minimum atomic E-state index is 0.00633. The highest BCUT2D eigenvalue weighted by Crippen LogP contribution is 2.01. The quantitative estimate of drug-likeness (QED) is 0.719. The lowest BCUT2D eigenvalue weighted by atomic mass is 10.2. The van der Waals surface area contributed by atoms with E-state index < -0.39 is 0 Å². The molecule has 2 N–H and O–H groups in total. The van der Waals surface area contributed by atoms with E-state index in [2.05, 4.69) is 24.5 Å². The number of aromatic nitrogens is 1. The van der Waals surface area contributed by atoms with E-state index in [4.69, 9.17) is 4.74 Å². The summed E-state index contributed by atoms with van der Waals surface area (Å²) in [5, 5.41) is 6.28. The van der Waals surface area contributed by atoms with Crippen molar-refractivity contribution in [1.29, 1.82) is 0 Å². The first-order chi connectivity index (χ1) is 9.51. The number of hydrogen-bond acceptors (Lipinski definition) is 3. The Balaban J connectivity index is 2.34. The van der Waals surface area contributed by atoms with Crippen LogP contribution in [0.2, 0.25) is 0 Å². The van der Waals surface area contributed by atoms with Gasteiger partial charge in [0, 0.05) is 32.1 Å². The largest absolute Gasteiger partial charge is 0.383 e. The van der Waals surface area contributed by atoms with Gasteiger partial charge in [0.2, 0.25) is 5.91 Å². The lowest BCUT2D eigenvalue weighted by molar-refractivity contribution is -0.122. The van der Waals surface area contributed by atoms with Crippen LogP contribution in [0, 0.1) is 5.92 Å². The SMILES string of the molecule is COCC(C)NC(=O)Cn1ccc(CNCC(C)C)c1. The molecule has 20 heavy (non-hydrogen) atoms. The lowest BCUT2D eigenvalue weighted by Crippen LogP contribution is -2.37. The van der Waals surface area contributed by atoms with Crippen LogP contribution >= 0.6 is 0 Å². The molecule has 0 aliphatic carbocycles. The summed E-state index contributed by atoms with van der Waals surface area (Å²) in [4.78, 5) is 11.8. The fourth-order valence-corrected chi connectivity index (χ4v) is 1.98. The predicted molar refractivity (Wildman–Crippen MR) is 80.5 cm³/mol. The van der Waals surface area contributed by atoms with Crippen LogP contribution in [0.1, 0.15) is 26.3 Å². The highest BCUT2D eigenvalue weighted by Gasteiger charge is 2.07. The minimum Gasteiger partial charge on any atom is -0.383 e. The van der Waals surface area contributed by atoms with Gasteiger partial charge in [-0.3, -0.25) is 4.79 Å². The molecular weight excluding hydrogens is 254 g/mol. The molecule has 1 unspecified atom stereocenters. The van der Waals surface area contributed by atoms with Gasteiger partial charge in [-0.05, 0) is 31.0 Å². The highest BCUT2D eigenvalue weighted by molar-refractivity contribution is 5.76. The van der Waals surface area contributed by atoms with Gasteiger partial charge >= 0.3 is 0 Å². The molecule has 0 aliphatic heterocycles. The Morgan fingerprint density at radius 2 is 2.15 bits per heavy atom. The number of rotatable bonds is 9. The number of ether oxygens (including phenoxy) is 1. The summed E-state index contributed by atoms with van der Waals surface area (Å²) in [6, 6.07) is 2.08. The second kappa shape index (κ2) is 8.76. The second-order valence-corrected chi connectivity index (χ2v) is 5.64. The first-order valence-corrected chi connectivity index (χ1v) is 7.15. The third kappa shape index (κ3) is 6.73. The van der Waals surface area contributed by atoms with Crippen LogP contribution in [-0.4, -0.2) is 36.8 Å². The van der Waals surface area contributed by atoms with Crippen LogP contribution in [0.5, 0.6) is 0 Å². The Morgan fingerprint density at radius 3 is 2.80 bits per heavy atom. The summed E-state index contributed by atoms with van der Waals surface area (Å²) in [7, 11) is 1.63. The van der Waals surface area contributed by atoms with E-state index in [1.54, 1.807) is 7.11 Å². The van der Waals surface area contributed by atoms with E-state index in [1.165, 1.54) is 5.56 Å². The van der Waals surface area contributed by atoms with E-state index in [9.17, 15) is 4.79 Å². The summed E-state index contributed by atoms with van der Waals surface area (Å²) in [5.41, 5.74) is 1.20. The summed E-state index contributed by atoms with van der Waals surface area (Å²) < 4.78 is 6.90. The molecule has 1 aromatic rings. The number of nitrogens with one attached hydrogen (secondary N) is 2. The molecule has 0 aromatic carbocycles. The zero-order valence-corrected chi connectivity index (χ0v) is 13.0. The zero-order chi connectivity index (χ0) is 15.0. The van der Waals surface area contributed by atoms with Crippen molar-refractivity contribution in [3.63, 3.8) is 0 Å². The molecular formula is C15H27N3O2. The van der Waals surface area contributed by atoms with E-state index in [-0.39, 0.29) is 11.9 Å². The van der Waals surface area contributed by atoms with Gasteiger partial charge in [-0.1, -0.05) is 13.8 Å². The molecule has 1 atom stereocenters. The molecule has 0 saturated heterocycles. The van der Waals surface area contributed by atoms with Gasteiger partial charge < -0.3 is 19.9 Å². The van der Waals surface area contributed by atoms with Crippen molar-refractivity contribution in [2.24, 2.45) is 5.92 Å². The highest BCUT2D eigenvalue weighted by atomic mass is 16.5. The van der Waals surface area contributed by atoms with Gasteiger partial charge in [-0.25, -0.2) is 0 Å². The monoisotopic (exact) mass is 281 g/mol. The van der Waals surface area contributed by atoms with E-state index >= 15 is 0 Å². The number of methoxy groups -OCH3 is 1. The molecule has 5 nitrogen and oxygen atoms in total. The Hall–Kier alpha value is -1.33. The summed E-state index contributed by atoms with van der Waals surface area (Å²) in [5.74, 6) is 0.650. The Morgan fingerprint density at radius 1 is 1.40 bits per heavy atom. The maximum Gasteiger partial charge on any atom is 0.240 e. The van der Waals surface area contributed by atoms with Crippen molar-refractivity contribution in [1.82, 2.24) is 15.2 Å². The molecule has 5 heteroatoms. The van der Waals surface area contributed by atoms with Crippen LogP contribution in [0.4, 0.5) is 0 Å². The van der Waals surface area contributed by atoms with E-state index in [0.29, 0.717) is 19.1 Å². The van der Waals surface area contributed by atoms with Gasteiger partial charge in [-0.2, -0.15) is 0 Å². The van der Waals surface area contributed by atoms with Crippen LogP contribution < -0.4 is 10.6 Å². The van der Waals surface area contributed by atoms with Crippen molar-refractivity contribution in [2.45, 2.75) is 39.9 Å². The van der Waals surface area contributed by atoms with Gasteiger partial charge in [0.05, 0.1) is 6.61 Å². The molecule has 1 rings (SSSR count). The molecule has 114 valence electrons. The molecule has 1 heterocycles. The molecule has 0 spiro atoms. The van der Waals surface area contributed by atoms with Gasteiger partial charge in [0.25, 0.3) is 0 Å². The lowest BCUT2D eigenvalue weighted by Gasteiger charge is -2.12. The van der Waals surface area contributed by atoms with Crippen molar-refractivity contribution in [2.75, 3.05) is 20.3 Å². The number of carbonyl (C=O) groups excluding carboxylic acids is 1. The Kier molecular flexibility index (Phi) is 7.33. The molecule has 0 radical (unpaired) electrons. The van der Waals surface area contributed by atoms with E-state index in [1.807, 2.05) is 30.0 Å². The Labute approximate surface area is 121 Å². The standard InChI is InChI=1S/C15H27N3O2/c1-12(2)7-16-8-14-5-6-18(9-14)10-15(19)17-13(3)11-20-4/h5-6,9,12-13,16H,7-8,10-11H2,1-4H3,(H,17,19). The molecule has 0 bridgehead atoms. The number of carbonyl (C=O) groups is 1. The average molecular weight is 281 g/mol. The van der Waals surface area contributed by atoms with Crippen LogP contribution in [-0.2, 0) is 22.6 Å². The normalized spacial score (nSPS) is 12.7. The fourth-order valence-electron chi connectivity index (χ4n) is 1.98. The minimum absolute atomic E-state index is 0.00633. The number of hydrogen-bond donors (Lipinski definition) is 2. The zero-order valence-electron chi connectivity index (χ0n) is 13.0. The number of nitrogens with zero attached hydrogens (tertiary/aromatic N) is 1. The maximum absolute atomic E-state index is 11.8. The predicted octanol–water partition coefficient (Wildman–Crippen LogP) is 1.38. The van der Waals surface area contributed by atoms with Crippen LogP contribution in [0.25, 0.3) is 0 Å². The van der Waals surface area contributed by atoms with Crippen molar-refractivity contribution in [3.8, 4) is 0 Å². The van der Waals surface area contributed by atoms with Gasteiger partial charge in [0.15, 0.2) is 0 Å². The van der Waals surface area contributed by atoms with E-state index in [0.717, 1.165) is 13.1 Å². The summed E-state index contributed by atoms with van der Waals surface area (Å²) >= 11 is 0. The molecule has 1 aromatic heterocycles. The third-order valence-electron chi connectivity index (χ3n) is 2.84. The molecule has 0 fully saturated rings. The van der Waals surface area contributed by atoms with Crippen molar-refractivity contribution < 1.29 is 9.53 Å². The average Bonchev–Trinajstić information content (AvgIpc) is 2.76. The molecule has 0 saturated carbocycles. The topological polar surface area (TPSA) is 55.3 Å². The van der Waals surface area contributed by atoms with Crippen LogP contribution in [0.15, 0.2) is 18.5 Å². The first kappa shape index (κ1) is 16.7. The molecule has 1 amide bonds. The molecule has 0 aliphatic rings. The summed E-state index contributed by atoms with van der Waals surface area (Å²) in [6.45, 7) is 9.01. The van der Waals surface area contributed by atoms with Crippen molar-refractivity contribution >= 4 is 5.91 Å². The van der Waals surface area contributed by atoms with Gasteiger partial charge in [-0.15, -0.1) is 0 Å². The second-order valence-electron chi connectivity index (χ2n) is 5.64. The van der Waals surface area contributed by atoms with Crippen molar-refractivity contribution in [3.05, 3.63) is 24.0 Å². The first-order valence-electron chi connectivity index (χ1n) is 7.15. The smallest absolute Gasteiger partial charge is 0.240 e. The Bertz CT molecular complexity index is 402. The summed E-state index contributed by atoms with van der Waals surface area (Å²) in [6.07, 6.45) is 3.95.